The van der Waals surface area contributed by atoms with E-state index in [9.17, 15) is 13.2 Å². The summed E-state index contributed by atoms with van der Waals surface area (Å²) in [5.41, 5.74) is 3.68. The Labute approximate surface area is 225 Å². The zero-order valence-corrected chi connectivity index (χ0v) is 22.6. The van der Waals surface area contributed by atoms with Crippen LogP contribution < -0.4 is 0 Å². The largest absolute Gasteiger partial charge is 0.334 e. The van der Waals surface area contributed by atoms with Gasteiger partial charge in [-0.25, -0.2) is 8.42 Å². The van der Waals surface area contributed by atoms with Gasteiger partial charge < -0.3 is 4.52 Å². The second-order valence-electron chi connectivity index (χ2n) is 9.61. The second kappa shape index (κ2) is 9.71. The first-order valence-electron chi connectivity index (χ1n) is 11.8. The number of nitrogens with zero attached hydrogens (tertiary/aromatic N) is 2. The van der Waals surface area contributed by atoms with Gasteiger partial charge in [0.05, 0.1) is 10.3 Å². The molecule has 0 radical (unpaired) electrons. The van der Waals surface area contributed by atoms with E-state index in [-0.39, 0.29) is 23.5 Å². The maximum atomic E-state index is 12.7. The minimum atomic E-state index is -3.28. The van der Waals surface area contributed by atoms with E-state index in [1.807, 2.05) is 31.2 Å². The van der Waals surface area contributed by atoms with Gasteiger partial charge >= 0.3 is 0 Å². The van der Waals surface area contributed by atoms with Gasteiger partial charge in [-0.1, -0.05) is 58.2 Å². The van der Waals surface area contributed by atoms with Crippen LogP contribution in [0, 0.1) is 6.92 Å². The number of aryl methyl sites for hydroxylation is 1. The highest BCUT2D eigenvalue weighted by Gasteiger charge is 2.52. The number of hydrogen-bond acceptors (Lipinski definition) is 6. The van der Waals surface area contributed by atoms with Crippen LogP contribution in [0.3, 0.4) is 0 Å². The van der Waals surface area contributed by atoms with Gasteiger partial charge in [-0.05, 0) is 67.3 Å². The number of sulfone groups is 1. The van der Waals surface area contributed by atoms with Crippen molar-refractivity contribution in [2.45, 2.75) is 42.9 Å². The summed E-state index contributed by atoms with van der Waals surface area (Å²) in [6, 6.07) is 17.7. The maximum Gasteiger partial charge on any atom is 0.257 e. The number of halogens is 2. The van der Waals surface area contributed by atoms with Crippen LogP contribution in [-0.4, -0.2) is 30.6 Å². The molecule has 37 heavy (non-hydrogen) atoms. The molecular formula is C28H24Cl2N2O4S. The lowest BCUT2D eigenvalue weighted by Gasteiger charge is -2.16. The molecule has 4 aromatic rings. The number of benzene rings is 3. The molecule has 0 unspecified atom stereocenters. The lowest BCUT2D eigenvalue weighted by Crippen LogP contribution is -2.13. The van der Waals surface area contributed by atoms with E-state index < -0.39 is 15.3 Å². The summed E-state index contributed by atoms with van der Waals surface area (Å²) in [6.45, 7) is 2.02. The summed E-state index contributed by atoms with van der Waals surface area (Å²) in [5, 5.41) is 5.18. The Morgan fingerprint density at radius 1 is 0.946 bits per heavy atom. The van der Waals surface area contributed by atoms with Gasteiger partial charge in [-0.3, -0.25) is 4.79 Å². The maximum absolute atomic E-state index is 12.7. The number of carbonyl (C=O) groups excluding carboxylic acids is 1. The molecule has 3 aromatic carbocycles. The monoisotopic (exact) mass is 554 g/mol. The van der Waals surface area contributed by atoms with Crippen LogP contribution in [0.4, 0.5) is 0 Å². The Morgan fingerprint density at radius 3 is 2.11 bits per heavy atom. The second-order valence-corrected chi connectivity index (χ2v) is 12.4. The van der Waals surface area contributed by atoms with Gasteiger partial charge in [0.2, 0.25) is 0 Å². The first-order chi connectivity index (χ1) is 17.5. The van der Waals surface area contributed by atoms with Crippen LogP contribution in [-0.2, 0) is 32.9 Å². The van der Waals surface area contributed by atoms with E-state index in [1.54, 1.807) is 24.3 Å². The first kappa shape index (κ1) is 25.6. The Bertz CT molecular complexity index is 1570. The van der Waals surface area contributed by atoms with Crippen molar-refractivity contribution in [2.24, 2.45) is 0 Å². The highest BCUT2D eigenvalue weighted by Crippen LogP contribution is 2.56. The molecule has 0 aliphatic heterocycles. The van der Waals surface area contributed by atoms with Gasteiger partial charge in [0.1, 0.15) is 5.78 Å². The van der Waals surface area contributed by atoms with Crippen LogP contribution in [0.5, 0.6) is 0 Å². The van der Waals surface area contributed by atoms with Crippen molar-refractivity contribution >= 4 is 38.8 Å². The van der Waals surface area contributed by atoms with E-state index in [4.69, 9.17) is 27.7 Å². The minimum absolute atomic E-state index is 0.0333. The van der Waals surface area contributed by atoms with Crippen LogP contribution >= 0.6 is 23.2 Å². The molecule has 1 aliphatic carbocycles. The third kappa shape index (κ3) is 5.35. The first-order valence-corrected chi connectivity index (χ1v) is 14.4. The molecule has 190 valence electrons. The topological polar surface area (TPSA) is 90.1 Å². The lowest BCUT2D eigenvalue weighted by molar-refractivity contribution is -0.117. The lowest BCUT2D eigenvalue weighted by atomic mass is 9.92. The van der Waals surface area contributed by atoms with E-state index in [2.05, 4.69) is 10.1 Å². The van der Waals surface area contributed by atoms with Crippen molar-refractivity contribution in [1.82, 2.24) is 10.1 Å². The zero-order valence-electron chi connectivity index (χ0n) is 20.3. The smallest absolute Gasteiger partial charge is 0.257 e. The van der Waals surface area contributed by atoms with Crippen LogP contribution in [0.1, 0.15) is 40.9 Å². The molecule has 1 fully saturated rings. The molecule has 1 aliphatic rings. The fraction of sp³-hybridized carbons (Fsp3) is 0.250. The van der Waals surface area contributed by atoms with Crippen LogP contribution in [0.25, 0.3) is 11.5 Å². The van der Waals surface area contributed by atoms with E-state index >= 15 is 0 Å². The number of ketones is 1. The Balaban J connectivity index is 1.33. The average molecular weight is 555 g/mol. The number of Topliss-reactive ketones (excluding diaryl/α,β-unsaturated/α-hetero) is 1. The normalized spacial score (nSPS) is 14.5. The zero-order chi connectivity index (χ0) is 26.4. The van der Waals surface area contributed by atoms with Crippen LogP contribution in [0.2, 0.25) is 10.0 Å². The molecule has 0 N–H and O–H groups in total. The number of rotatable bonds is 8. The third-order valence-corrected chi connectivity index (χ3v) is 8.36. The molecule has 5 rings (SSSR count). The van der Waals surface area contributed by atoms with Gasteiger partial charge in [-0.15, -0.1) is 0 Å². The van der Waals surface area contributed by atoms with Gasteiger partial charge in [-0.2, -0.15) is 4.98 Å². The summed E-state index contributed by atoms with van der Waals surface area (Å²) in [7, 11) is -3.28. The molecular weight excluding hydrogens is 531 g/mol. The molecule has 1 saturated carbocycles. The molecule has 0 spiro atoms. The Kier molecular flexibility index (Phi) is 6.73. The van der Waals surface area contributed by atoms with Crippen molar-refractivity contribution < 1.29 is 17.7 Å². The number of carbonyl (C=O) groups is 1. The fourth-order valence-electron chi connectivity index (χ4n) is 4.50. The van der Waals surface area contributed by atoms with Crippen molar-refractivity contribution in [3.63, 3.8) is 0 Å². The van der Waals surface area contributed by atoms with Crippen molar-refractivity contribution in [1.29, 1.82) is 0 Å². The quantitative estimate of drug-likeness (QED) is 0.258. The SMILES string of the molecule is Cc1ccc(-c2nc(C3(c4c(Cl)cc(CC(=O)Cc5ccc(S(C)(=O)=O)cc5)cc4Cl)CC3)no2)cc1. The molecule has 6 nitrogen and oxygen atoms in total. The van der Waals surface area contributed by atoms with Gasteiger partial charge in [0, 0.05) is 40.3 Å². The van der Waals surface area contributed by atoms with E-state index in [0.29, 0.717) is 27.3 Å². The number of hydrogen-bond donors (Lipinski definition) is 0. The summed E-state index contributed by atoms with van der Waals surface area (Å²) in [4.78, 5) is 17.6. The van der Waals surface area contributed by atoms with Crippen molar-refractivity contribution in [3.05, 3.63) is 98.8 Å². The highest BCUT2D eigenvalue weighted by molar-refractivity contribution is 7.90. The summed E-state index contributed by atoms with van der Waals surface area (Å²) < 4.78 is 28.8. The molecule has 0 amide bonds. The fourth-order valence-corrected chi connectivity index (χ4v) is 6.02. The van der Waals surface area contributed by atoms with Gasteiger partial charge in [0.25, 0.3) is 5.89 Å². The number of aromatic nitrogens is 2. The Hall–Kier alpha value is -3.00. The van der Waals surface area contributed by atoms with Crippen molar-refractivity contribution in [3.8, 4) is 11.5 Å². The molecule has 0 bridgehead atoms. The predicted octanol–water partition coefficient (Wildman–Crippen LogP) is 6.19. The predicted molar refractivity (Wildman–Crippen MR) is 143 cm³/mol. The Morgan fingerprint density at radius 2 is 1.54 bits per heavy atom. The third-order valence-electron chi connectivity index (χ3n) is 6.64. The average Bonchev–Trinajstić information content (AvgIpc) is 3.45. The van der Waals surface area contributed by atoms with E-state index in [1.165, 1.54) is 12.1 Å². The van der Waals surface area contributed by atoms with E-state index in [0.717, 1.165) is 41.4 Å². The standard InChI is InChI=1S/C28H24Cl2N2O4S/c1-17-3-7-20(8-4-17)26-31-27(32-36-26)28(11-12-28)25-23(29)15-19(16-24(25)30)14-21(33)13-18-5-9-22(10-6-18)37(2,34)35/h3-10,15-16H,11-14H2,1-2H3. The van der Waals surface area contributed by atoms with Gasteiger partial charge in [0.15, 0.2) is 15.7 Å². The molecule has 1 heterocycles. The highest BCUT2D eigenvalue weighted by atomic mass is 35.5. The molecule has 9 heteroatoms. The molecule has 1 aromatic heterocycles. The summed E-state index contributed by atoms with van der Waals surface area (Å²) in [5.74, 6) is 0.961. The minimum Gasteiger partial charge on any atom is -0.334 e. The molecule has 0 saturated heterocycles. The molecule has 0 atom stereocenters. The van der Waals surface area contributed by atoms with Crippen molar-refractivity contribution in [2.75, 3.05) is 6.26 Å². The summed E-state index contributed by atoms with van der Waals surface area (Å²) >= 11 is 13.4. The van der Waals surface area contributed by atoms with Crippen LogP contribution in [0.15, 0.2) is 70.1 Å². The summed E-state index contributed by atoms with van der Waals surface area (Å²) in [6.07, 6.45) is 3.07.